The molecule has 1 fully saturated rings. The van der Waals surface area contributed by atoms with Crippen molar-refractivity contribution in [2.24, 2.45) is 0 Å². The van der Waals surface area contributed by atoms with Gasteiger partial charge >= 0.3 is 5.97 Å². The summed E-state index contributed by atoms with van der Waals surface area (Å²) in [6, 6.07) is 1.75. The van der Waals surface area contributed by atoms with E-state index in [0.29, 0.717) is 0 Å². The number of hydrogen-bond acceptors (Lipinski definition) is 3. The Labute approximate surface area is 116 Å². The lowest BCUT2D eigenvalue weighted by Crippen LogP contribution is -2.45. The molecular formula is C14H18F2N2O2. The molecule has 1 aliphatic heterocycles. The molecule has 6 heteroatoms. The predicted octanol–water partition coefficient (Wildman–Crippen LogP) is 2.19. The van der Waals surface area contributed by atoms with Crippen LogP contribution in [0.3, 0.4) is 0 Å². The average Bonchev–Trinajstić information content (AvgIpc) is 2.37. The summed E-state index contributed by atoms with van der Waals surface area (Å²) in [5, 5.41) is 8.79. The molecule has 1 aromatic rings. The van der Waals surface area contributed by atoms with Crippen LogP contribution in [0.25, 0.3) is 0 Å². The van der Waals surface area contributed by atoms with Crippen LogP contribution in [-0.2, 0) is 0 Å². The quantitative estimate of drug-likeness (QED) is 0.924. The minimum Gasteiger partial charge on any atom is -0.478 e. The summed E-state index contributed by atoms with van der Waals surface area (Å²) in [7, 11) is 3.62. The Morgan fingerprint density at radius 3 is 2.50 bits per heavy atom. The number of likely N-dealkylation sites (N-methyl/N-ethyl adjacent to an activating group) is 2. The lowest BCUT2D eigenvalue weighted by atomic mass is 10.0. The monoisotopic (exact) mass is 284 g/mol. The van der Waals surface area contributed by atoms with Gasteiger partial charge in [0.1, 0.15) is 17.3 Å². The van der Waals surface area contributed by atoms with E-state index in [1.165, 1.54) is 0 Å². The molecule has 20 heavy (non-hydrogen) atoms. The Bertz CT molecular complexity index is 499. The highest BCUT2D eigenvalue weighted by atomic mass is 19.1. The van der Waals surface area contributed by atoms with Crippen LogP contribution >= 0.6 is 0 Å². The zero-order chi connectivity index (χ0) is 14.9. The second kappa shape index (κ2) is 5.75. The Kier molecular flexibility index (Phi) is 4.23. The highest BCUT2D eigenvalue weighted by Gasteiger charge is 2.26. The van der Waals surface area contributed by atoms with Gasteiger partial charge in [0.05, 0.1) is 5.56 Å². The van der Waals surface area contributed by atoms with E-state index in [1.807, 2.05) is 7.05 Å². The van der Waals surface area contributed by atoms with Gasteiger partial charge in [-0.05, 0) is 38.6 Å². The molecule has 0 bridgehead atoms. The maximum atomic E-state index is 14.0. The number of rotatable bonds is 3. The third-order valence-corrected chi connectivity index (χ3v) is 3.76. The molecule has 0 aromatic heterocycles. The average molecular weight is 284 g/mol. The molecule has 1 saturated heterocycles. The smallest absolute Gasteiger partial charge is 0.335 e. The number of halogens is 2. The molecule has 1 aromatic carbocycles. The lowest BCUT2D eigenvalue weighted by molar-refractivity contribution is 0.0695. The topological polar surface area (TPSA) is 43.8 Å². The van der Waals surface area contributed by atoms with Crippen molar-refractivity contribution in [1.29, 1.82) is 0 Å². The standard InChI is InChI=1S/C14H18F2N2O2/c1-17-5-3-4-10(8-17)18(2)13-11(15)6-9(14(19)20)7-12(13)16/h6-7,10H,3-5,8H2,1-2H3,(H,19,20). The van der Waals surface area contributed by atoms with Gasteiger partial charge in [-0.25, -0.2) is 13.6 Å². The number of hydrogen-bond donors (Lipinski definition) is 1. The molecular weight excluding hydrogens is 266 g/mol. The van der Waals surface area contributed by atoms with E-state index in [4.69, 9.17) is 5.11 Å². The van der Waals surface area contributed by atoms with E-state index < -0.39 is 17.6 Å². The van der Waals surface area contributed by atoms with Gasteiger partial charge in [0, 0.05) is 19.6 Å². The minimum atomic E-state index is -1.34. The van der Waals surface area contributed by atoms with Crippen LogP contribution in [0.15, 0.2) is 12.1 Å². The van der Waals surface area contributed by atoms with Crippen LogP contribution in [0.2, 0.25) is 0 Å². The molecule has 110 valence electrons. The second-order valence-corrected chi connectivity index (χ2v) is 5.26. The number of nitrogens with zero attached hydrogens (tertiary/aromatic N) is 2. The van der Waals surface area contributed by atoms with Crippen molar-refractivity contribution in [3.63, 3.8) is 0 Å². The zero-order valence-corrected chi connectivity index (χ0v) is 11.6. The Morgan fingerprint density at radius 1 is 1.40 bits per heavy atom. The van der Waals surface area contributed by atoms with Gasteiger partial charge < -0.3 is 14.9 Å². The first kappa shape index (κ1) is 14.7. The van der Waals surface area contributed by atoms with Crippen LogP contribution in [0.4, 0.5) is 14.5 Å². The summed E-state index contributed by atoms with van der Waals surface area (Å²) in [6.45, 7) is 1.71. The molecule has 0 amide bonds. The van der Waals surface area contributed by atoms with Crippen molar-refractivity contribution in [2.75, 3.05) is 32.1 Å². The molecule has 2 rings (SSSR count). The van der Waals surface area contributed by atoms with Gasteiger partial charge in [0.15, 0.2) is 0 Å². The number of carboxylic acids is 1. The van der Waals surface area contributed by atoms with E-state index in [0.717, 1.165) is 38.1 Å². The first-order valence-corrected chi connectivity index (χ1v) is 6.54. The number of anilines is 1. The fourth-order valence-corrected chi connectivity index (χ4v) is 2.66. The van der Waals surface area contributed by atoms with E-state index in [-0.39, 0.29) is 17.3 Å². The minimum absolute atomic E-state index is 0.0217. The molecule has 1 unspecified atom stereocenters. The molecule has 0 radical (unpaired) electrons. The predicted molar refractivity (Wildman–Crippen MR) is 72.2 cm³/mol. The van der Waals surface area contributed by atoms with Crippen molar-refractivity contribution < 1.29 is 18.7 Å². The second-order valence-electron chi connectivity index (χ2n) is 5.26. The third-order valence-electron chi connectivity index (χ3n) is 3.76. The number of carboxylic acid groups (broad SMARTS) is 1. The van der Waals surface area contributed by atoms with Crippen LogP contribution < -0.4 is 4.90 Å². The van der Waals surface area contributed by atoms with Gasteiger partial charge in [-0.15, -0.1) is 0 Å². The van der Waals surface area contributed by atoms with Crippen LogP contribution in [0.5, 0.6) is 0 Å². The molecule has 4 nitrogen and oxygen atoms in total. The van der Waals surface area contributed by atoms with E-state index in [2.05, 4.69) is 4.90 Å². The van der Waals surface area contributed by atoms with E-state index >= 15 is 0 Å². The summed E-state index contributed by atoms with van der Waals surface area (Å²) >= 11 is 0. The molecule has 0 saturated carbocycles. The molecule has 1 N–H and O–H groups in total. The molecule has 1 aliphatic rings. The lowest BCUT2D eigenvalue weighted by Gasteiger charge is -2.37. The number of carbonyl (C=O) groups is 1. The molecule has 0 spiro atoms. The summed E-state index contributed by atoms with van der Waals surface area (Å²) in [5.41, 5.74) is -0.534. The third kappa shape index (κ3) is 2.90. The maximum Gasteiger partial charge on any atom is 0.335 e. The normalized spacial score (nSPS) is 19.9. The van der Waals surface area contributed by atoms with Crippen LogP contribution in [-0.4, -0.2) is 49.2 Å². The van der Waals surface area contributed by atoms with Crippen molar-refractivity contribution in [3.05, 3.63) is 29.3 Å². The van der Waals surface area contributed by atoms with Gasteiger partial charge in [0.2, 0.25) is 0 Å². The summed E-state index contributed by atoms with van der Waals surface area (Å²) in [4.78, 5) is 14.5. The SMILES string of the molecule is CN1CCCC(N(C)c2c(F)cc(C(=O)O)cc2F)C1. The van der Waals surface area contributed by atoms with Crippen molar-refractivity contribution in [2.45, 2.75) is 18.9 Å². The Balaban J connectivity index is 2.29. The Hall–Kier alpha value is -1.69. The summed E-state index contributed by atoms with van der Waals surface area (Å²) < 4.78 is 28.0. The summed E-state index contributed by atoms with van der Waals surface area (Å²) in [6.07, 6.45) is 1.84. The summed E-state index contributed by atoms with van der Waals surface area (Å²) in [5.74, 6) is -3.01. The van der Waals surface area contributed by atoms with Crippen LogP contribution in [0, 0.1) is 11.6 Å². The highest BCUT2D eigenvalue weighted by molar-refractivity contribution is 5.88. The van der Waals surface area contributed by atoms with Gasteiger partial charge in [-0.2, -0.15) is 0 Å². The first-order chi connectivity index (χ1) is 9.40. The Morgan fingerprint density at radius 2 is 2.00 bits per heavy atom. The van der Waals surface area contributed by atoms with E-state index in [1.54, 1.807) is 11.9 Å². The first-order valence-electron chi connectivity index (χ1n) is 6.54. The van der Waals surface area contributed by atoms with Crippen LogP contribution in [0.1, 0.15) is 23.2 Å². The fourth-order valence-electron chi connectivity index (χ4n) is 2.66. The number of piperidine rings is 1. The van der Waals surface area contributed by atoms with Crippen molar-refractivity contribution in [1.82, 2.24) is 4.90 Å². The largest absolute Gasteiger partial charge is 0.478 e. The van der Waals surface area contributed by atoms with Gasteiger partial charge in [-0.1, -0.05) is 0 Å². The number of benzene rings is 1. The molecule has 1 atom stereocenters. The maximum absolute atomic E-state index is 14.0. The molecule has 0 aliphatic carbocycles. The highest BCUT2D eigenvalue weighted by Crippen LogP contribution is 2.28. The van der Waals surface area contributed by atoms with Crippen molar-refractivity contribution >= 4 is 11.7 Å². The number of aromatic carboxylic acids is 1. The van der Waals surface area contributed by atoms with Gasteiger partial charge in [-0.3, -0.25) is 0 Å². The molecule has 1 heterocycles. The van der Waals surface area contributed by atoms with Gasteiger partial charge in [0.25, 0.3) is 0 Å². The van der Waals surface area contributed by atoms with Crippen molar-refractivity contribution in [3.8, 4) is 0 Å². The fraction of sp³-hybridized carbons (Fsp3) is 0.500. The zero-order valence-electron chi connectivity index (χ0n) is 11.6. The number of likely N-dealkylation sites (tertiary alicyclic amines) is 1. The van der Waals surface area contributed by atoms with E-state index in [9.17, 15) is 13.6 Å².